The smallest absolute Gasteiger partial charge is 0.0550 e. The molecule has 1 aromatic carbocycles. The Bertz CT molecular complexity index is 251. The van der Waals surface area contributed by atoms with Crippen LogP contribution in [0.5, 0.6) is 0 Å². The van der Waals surface area contributed by atoms with Crippen LogP contribution in [0, 0.1) is 0 Å². The molecule has 1 nitrogen and oxygen atoms in total. The molecule has 0 radical (unpaired) electrons. The largest absolute Gasteiger partial charge is 0.324 e. The molecule has 1 unspecified atom stereocenters. The third kappa shape index (κ3) is 3.37. The fourth-order valence-electron chi connectivity index (χ4n) is 1.08. The van der Waals surface area contributed by atoms with Crippen LogP contribution in [0.15, 0.2) is 30.3 Å². The number of alkyl halides is 1. The molecule has 1 atom stereocenters. The summed E-state index contributed by atoms with van der Waals surface area (Å²) in [6.07, 6.45) is 0.825. The second kappa shape index (κ2) is 4.12. The lowest BCUT2D eigenvalue weighted by atomic mass is 9.96. The van der Waals surface area contributed by atoms with E-state index in [1.807, 2.05) is 32.0 Å². The maximum Gasteiger partial charge on any atom is 0.0550 e. The van der Waals surface area contributed by atoms with E-state index in [1.54, 1.807) is 0 Å². The van der Waals surface area contributed by atoms with E-state index in [4.69, 9.17) is 17.3 Å². The van der Waals surface area contributed by atoms with E-state index in [0.717, 1.165) is 6.42 Å². The SMILES string of the molecule is CC(C)(N)C(Cl)Cc1ccccc1. The molecule has 0 aliphatic heterocycles. The second-order valence-electron chi connectivity index (χ2n) is 3.98. The van der Waals surface area contributed by atoms with Crippen LogP contribution in [0.25, 0.3) is 0 Å². The molecular formula is C11H16ClN. The van der Waals surface area contributed by atoms with Gasteiger partial charge in [-0.2, -0.15) is 0 Å². The highest BCUT2D eigenvalue weighted by Gasteiger charge is 2.22. The normalized spacial score (nSPS) is 14.2. The predicted octanol–water partition coefficient (Wildman–Crippen LogP) is 2.57. The van der Waals surface area contributed by atoms with Gasteiger partial charge in [-0.3, -0.25) is 0 Å². The van der Waals surface area contributed by atoms with Gasteiger partial charge in [-0.1, -0.05) is 30.3 Å². The summed E-state index contributed by atoms with van der Waals surface area (Å²) in [4.78, 5) is 0. The molecule has 0 aliphatic rings. The Morgan fingerprint density at radius 2 is 1.85 bits per heavy atom. The Hall–Kier alpha value is -0.530. The van der Waals surface area contributed by atoms with Gasteiger partial charge in [-0.25, -0.2) is 0 Å². The summed E-state index contributed by atoms with van der Waals surface area (Å²) >= 11 is 6.17. The Kier molecular flexibility index (Phi) is 3.34. The average molecular weight is 198 g/mol. The summed E-state index contributed by atoms with van der Waals surface area (Å²) in [5.74, 6) is 0. The van der Waals surface area contributed by atoms with Crippen molar-refractivity contribution in [2.45, 2.75) is 31.2 Å². The first-order chi connectivity index (χ1) is 6.00. The molecule has 1 aromatic rings. The van der Waals surface area contributed by atoms with E-state index in [9.17, 15) is 0 Å². The Morgan fingerprint density at radius 1 is 1.31 bits per heavy atom. The first kappa shape index (κ1) is 10.6. The number of hydrogen-bond acceptors (Lipinski definition) is 1. The predicted molar refractivity (Wildman–Crippen MR) is 58.1 cm³/mol. The highest BCUT2D eigenvalue weighted by Crippen LogP contribution is 2.17. The molecule has 0 saturated carbocycles. The van der Waals surface area contributed by atoms with Crippen molar-refractivity contribution in [2.75, 3.05) is 0 Å². The molecule has 13 heavy (non-hydrogen) atoms. The maximum absolute atomic E-state index is 6.17. The van der Waals surface area contributed by atoms with Gasteiger partial charge in [0.2, 0.25) is 0 Å². The summed E-state index contributed by atoms with van der Waals surface area (Å²) in [6.45, 7) is 3.90. The third-order valence-electron chi connectivity index (χ3n) is 2.07. The minimum atomic E-state index is -0.322. The zero-order valence-electron chi connectivity index (χ0n) is 8.13. The van der Waals surface area contributed by atoms with Crippen LogP contribution in [0.3, 0.4) is 0 Å². The summed E-state index contributed by atoms with van der Waals surface area (Å²) in [6, 6.07) is 10.2. The Balaban J connectivity index is 2.61. The van der Waals surface area contributed by atoms with Crippen molar-refractivity contribution in [3.8, 4) is 0 Å². The van der Waals surface area contributed by atoms with Gasteiger partial charge in [0, 0.05) is 5.54 Å². The minimum Gasteiger partial charge on any atom is -0.324 e. The van der Waals surface area contributed by atoms with Gasteiger partial charge in [0.25, 0.3) is 0 Å². The van der Waals surface area contributed by atoms with Crippen molar-refractivity contribution in [3.63, 3.8) is 0 Å². The van der Waals surface area contributed by atoms with Crippen molar-refractivity contribution in [3.05, 3.63) is 35.9 Å². The fraction of sp³-hybridized carbons (Fsp3) is 0.455. The summed E-state index contributed by atoms with van der Waals surface area (Å²) in [7, 11) is 0. The summed E-state index contributed by atoms with van der Waals surface area (Å²) in [5.41, 5.74) is 6.81. The van der Waals surface area contributed by atoms with Gasteiger partial charge >= 0.3 is 0 Å². The average Bonchev–Trinajstić information content (AvgIpc) is 2.04. The molecule has 0 saturated heterocycles. The molecule has 1 rings (SSSR count). The third-order valence-corrected chi connectivity index (χ3v) is 2.78. The first-order valence-corrected chi connectivity index (χ1v) is 4.90. The van der Waals surface area contributed by atoms with E-state index >= 15 is 0 Å². The number of benzene rings is 1. The zero-order chi connectivity index (χ0) is 9.90. The van der Waals surface area contributed by atoms with Gasteiger partial charge in [0.05, 0.1) is 5.38 Å². The molecule has 0 spiro atoms. The molecule has 72 valence electrons. The molecule has 0 aliphatic carbocycles. The van der Waals surface area contributed by atoms with Crippen LogP contribution in [-0.2, 0) is 6.42 Å². The van der Waals surface area contributed by atoms with Crippen molar-refractivity contribution < 1.29 is 0 Å². The standard InChI is InChI=1S/C11H16ClN/c1-11(2,13)10(12)8-9-6-4-3-5-7-9/h3-7,10H,8,13H2,1-2H3. The lowest BCUT2D eigenvalue weighted by molar-refractivity contribution is 0.485. The molecule has 2 N–H and O–H groups in total. The first-order valence-electron chi connectivity index (χ1n) is 4.47. The van der Waals surface area contributed by atoms with Crippen molar-refractivity contribution in [1.82, 2.24) is 0 Å². The lowest BCUT2D eigenvalue weighted by Crippen LogP contribution is -2.43. The zero-order valence-corrected chi connectivity index (χ0v) is 8.88. The summed E-state index contributed by atoms with van der Waals surface area (Å²) < 4.78 is 0. The number of rotatable bonds is 3. The van der Waals surface area contributed by atoms with Crippen LogP contribution in [0.2, 0.25) is 0 Å². The summed E-state index contributed by atoms with van der Waals surface area (Å²) in [5, 5.41) is -0.0186. The van der Waals surface area contributed by atoms with Crippen LogP contribution < -0.4 is 5.73 Å². The van der Waals surface area contributed by atoms with Gasteiger partial charge in [0.15, 0.2) is 0 Å². The fourth-order valence-corrected chi connectivity index (χ4v) is 1.26. The van der Waals surface area contributed by atoms with Crippen molar-refractivity contribution in [1.29, 1.82) is 0 Å². The maximum atomic E-state index is 6.17. The van der Waals surface area contributed by atoms with Gasteiger partial charge in [-0.05, 0) is 25.8 Å². The highest BCUT2D eigenvalue weighted by atomic mass is 35.5. The Labute approximate surface area is 84.9 Å². The molecule has 0 amide bonds. The number of nitrogens with two attached hydrogens (primary N) is 1. The van der Waals surface area contributed by atoms with Crippen LogP contribution in [-0.4, -0.2) is 10.9 Å². The number of halogens is 1. The molecule has 0 bridgehead atoms. The second-order valence-corrected chi connectivity index (χ2v) is 4.51. The monoisotopic (exact) mass is 197 g/mol. The van der Waals surface area contributed by atoms with Crippen LogP contribution in [0.4, 0.5) is 0 Å². The van der Waals surface area contributed by atoms with E-state index in [-0.39, 0.29) is 10.9 Å². The molecular weight excluding hydrogens is 182 g/mol. The van der Waals surface area contributed by atoms with Gasteiger partial charge in [0.1, 0.15) is 0 Å². The molecule has 0 fully saturated rings. The molecule has 2 heteroatoms. The van der Waals surface area contributed by atoms with Gasteiger partial charge in [-0.15, -0.1) is 11.6 Å². The van der Waals surface area contributed by atoms with E-state index < -0.39 is 0 Å². The van der Waals surface area contributed by atoms with E-state index in [1.165, 1.54) is 5.56 Å². The van der Waals surface area contributed by atoms with Crippen LogP contribution >= 0.6 is 11.6 Å². The number of hydrogen-bond donors (Lipinski definition) is 1. The minimum absolute atomic E-state index is 0.0186. The highest BCUT2D eigenvalue weighted by molar-refractivity contribution is 6.21. The lowest BCUT2D eigenvalue weighted by Gasteiger charge is -2.25. The molecule has 0 aromatic heterocycles. The molecule has 0 heterocycles. The van der Waals surface area contributed by atoms with E-state index in [0.29, 0.717) is 0 Å². The topological polar surface area (TPSA) is 26.0 Å². The Morgan fingerprint density at radius 3 is 2.31 bits per heavy atom. The van der Waals surface area contributed by atoms with Crippen molar-refractivity contribution >= 4 is 11.6 Å². The van der Waals surface area contributed by atoms with Crippen LogP contribution in [0.1, 0.15) is 19.4 Å². The van der Waals surface area contributed by atoms with Crippen molar-refractivity contribution in [2.24, 2.45) is 5.73 Å². The van der Waals surface area contributed by atoms with E-state index in [2.05, 4.69) is 12.1 Å². The van der Waals surface area contributed by atoms with Gasteiger partial charge < -0.3 is 5.73 Å². The quantitative estimate of drug-likeness (QED) is 0.741.